The van der Waals surface area contributed by atoms with Crippen LogP contribution in [0.5, 0.6) is 5.75 Å². The van der Waals surface area contributed by atoms with Crippen LogP contribution in [0.2, 0.25) is 0 Å². The number of H-pyrrole nitrogens is 1. The number of nitrogens with one attached hydrogen (secondary N) is 1. The summed E-state index contributed by atoms with van der Waals surface area (Å²) >= 11 is 1.60. The fourth-order valence-electron chi connectivity index (χ4n) is 3.45. The Morgan fingerprint density at radius 1 is 1.03 bits per heavy atom. The predicted octanol–water partition coefficient (Wildman–Crippen LogP) is 5.03. The molecule has 0 bridgehead atoms. The highest BCUT2D eigenvalue weighted by Crippen LogP contribution is 2.40. The first kappa shape index (κ1) is 21.6. The minimum atomic E-state index is -0.135. The molecular weight excluding hydrogens is 396 g/mol. The number of rotatable bonds is 7. The van der Waals surface area contributed by atoms with Gasteiger partial charge in [-0.3, -0.25) is 0 Å². The summed E-state index contributed by atoms with van der Waals surface area (Å²) in [6.45, 7) is 7.28. The number of thiazole rings is 1. The summed E-state index contributed by atoms with van der Waals surface area (Å²) in [5.74, 6) is 1.85. The number of tetrazole rings is 1. The molecule has 0 radical (unpaired) electrons. The quantitative estimate of drug-likeness (QED) is 0.432. The van der Waals surface area contributed by atoms with Gasteiger partial charge in [0.25, 0.3) is 0 Å². The van der Waals surface area contributed by atoms with Crippen molar-refractivity contribution in [1.82, 2.24) is 31.8 Å². The van der Waals surface area contributed by atoms with Gasteiger partial charge < -0.3 is 10.9 Å². The summed E-state index contributed by atoms with van der Waals surface area (Å²) in [4.78, 5) is 4.26. The first-order valence-corrected chi connectivity index (χ1v) is 10.4. The standard InChI is InChI=1S/C22H23N5OS.H3N/c1-15(2)22(3,17-6-4-16(5-7-17)21-24-26-27-25-21)18-8-10-19(11-9-18)28-14-20-23-12-13-29-20;/h4-13,15H,14H2,1-3H3,(H,24,25,26,27);1H3. The number of hydrogen-bond donors (Lipinski definition) is 2. The number of aromatic nitrogens is 5. The van der Waals surface area contributed by atoms with Gasteiger partial charge in [0.2, 0.25) is 5.82 Å². The van der Waals surface area contributed by atoms with E-state index in [0.29, 0.717) is 18.3 Å². The third kappa shape index (κ3) is 4.24. The lowest BCUT2D eigenvalue weighted by Gasteiger charge is -2.35. The number of ether oxygens (including phenoxy) is 1. The van der Waals surface area contributed by atoms with E-state index in [1.807, 2.05) is 29.6 Å². The number of benzene rings is 2. The minimum Gasteiger partial charge on any atom is -0.486 e. The largest absolute Gasteiger partial charge is 0.486 e. The van der Waals surface area contributed by atoms with Crippen molar-refractivity contribution >= 4 is 11.3 Å². The Labute approximate surface area is 180 Å². The van der Waals surface area contributed by atoms with E-state index in [2.05, 4.69) is 70.6 Å². The van der Waals surface area contributed by atoms with Crippen LogP contribution in [0.25, 0.3) is 11.4 Å². The van der Waals surface area contributed by atoms with Crippen molar-refractivity contribution in [3.63, 3.8) is 0 Å². The maximum Gasteiger partial charge on any atom is 0.204 e. The second kappa shape index (κ2) is 9.15. The number of hydrogen-bond acceptors (Lipinski definition) is 7. The number of aromatic amines is 1. The summed E-state index contributed by atoms with van der Waals surface area (Å²) < 4.78 is 5.87. The first-order chi connectivity index (χ1) is 14.1. The van der Waals surface area contributed by atoms with Crippen LogP contribution in [0, 0.1) is 5.92 Å². The fraction of sp³-hybridized carbons (Fsp3) is 0.273. The maximum atomic E-state index is 5.87. The van der Waals surface area contributed by atoms with Crippen LogP contribution < -0.4 is 10.9 Å². The molecule has 0 fully saturated rings. The molecule has 7 nitrogen and oxygen atoms in total. The second-order valence-corrected chi connectivity index (χ2v) is 8.39. The van der Waals surface area contributed by atoms with E-state index < -0.39 is 0 Å². The molecular formula is C22H26N6OS. The Morgan fingerprint density at radius 3 is 2.23 bits per heavy atom. The monoisotopic (exact) mass is 422 g/mol. The van der Waals surface area contributed by atoms with E-state index in [9.17, 15) is 0 Å². The van der Waals surface area contributed by atoms with Crippen molar-refractivity contribution in [2.24, 2.45) is 5.92 Å². The van der Waals surface area contributed by atoms with Gasteiger partial charge in [-0.25, -0.2) is 4.98 Å². The Balaban J connectivity index is 0.00000256. The molecule has 0 aliphatic rings. The van der Waals surface area contributed by atoms with Gasteiger partial charge in [-0.05, 0) is 34.4 Å². The lowest BCUT2D eigenvalue weighted by Crippen LogP contribution is -2.30. The molecule has 2 heterocycles. The average Bonchev–Trinajstić information content (AvgIpc) is 3.46. The van der Waals surface area contributed by atoms with E-state index in [1.54, 1.807) is 17.5 Å². The SMILES string of the molecule is CC(C)C(C)(c1ccc(OCc2nccs2)cc1)c1ccc(-c2nn[nH]n2)cc1.N. The molecule has 2 aromatic heterocycles. The zero-order chi connectivity index (χ0) is 20.3. The third-order valence-corrected chi connectivity index (χ3v) is 6.30. The van der Waals surface area contributed by atoms with E-state index in [-0.39, 0.29) is 11.6 Å². The molecule has 30 heavy (non-hydrogen) atoms. The summed E-state index contributed by atoms with van der Waals surface area (Å²) in [6, 6.07) is 16.8. The molecule has 1 unspecified atom stereocenters. The highest BCUT2D eigenvalue weighted by molar-refractivity contribution is 7.09. The molecule has 4 rings (SSSR count). The van der Waals surface area contributed by atoms with Gasteiger partial charge in [0.05, 0.1) is 0 Å². The molecule has 2 aromatic carbocycles. The van der Waals surface area contributed by atoms with Crippen molar-refractivity contribution in [3.05, 3.63) is 76.2 Å². The van der Waals surface area contributed by atoms with Crippen molar-refractivity contribution < 1.29 is 4.74 Å². The average molecular weight is 423 g/mol. The van der Waals surface area contributed by atoms with Crippen LogP contribution in [0.15, 0.2) is 60.1 Å². The first-order valence-electron chi connectivity index (χ1n) is 9.53. The smallest absolute Gasteiger partial charge is 0.204 e. The van der Waals surface area contributed by atoms with Gasteiger partial charge in [0.1, 0.15) is 17.4 Å². The van der Waals surface area contributed by atoms with Gasteiger partial charge in [-0.1, -0.05) is 57.2 Å². The van der Waals surface area contributed by atoms with Crippen molar-refractivity contribution in [1.29, 1.82) is 0 Å². The molecule has 4 N–H and O–H groups in total. The van der Waals surface area contributed by atoms with E-state index in [1.165, 1.54) is 11.1 Å². The molecule has 4 aromatic rings. The molecule has 0 spiro atoms. The Morgan fingerprint density at radius 2 is 1.70 bits per heavy atom. The molecule has 156 valence electrons. The van der Waals surface area contributed by atoms with Crippen LogP contribution >= 0.6 is 11.3 Å². The predicted molar refractivity (Wildman–Crippen MR) is 119 cm³/mol. The van der Waals surface area contributed by atoms with Crippen LogP contribution in [0.1, 0.15) is 36.9 Å². The third-order valence-electron chi connectivity index (χ3n) is 5.54. The van der Waals surface area contributed by atoms with E-state index >= 15 is 0 Å². The van der Waals surface area contributed by atoms with Gasteiger partial charge in [-0.15, -0.1) is 21.5 Å². The highest BCUT2D eigenvalue weighted by atomic mass is 32.1. The second-order valence-electron chi connectivity index (χ2n) is 7.41. The Kier molecular flexibility index (Phi) is 6.59. The Hall–Kier alpha value is -3.10. The van der Waals surface area contributed by atoms with E-state index in [0.717, 1.165) is 16.3 Å². The van der Waals surface area contributed by atoms with Crippen LogP contribution in [-0.4, -0.2) is 25.6 Å². The maximum absolute atomic E-state index is 5.87. The lowest BCUT2D eigenvalue weighted by atomic mass is 9.68. The number of nitrogens with zero attached hydrogens (tertiary/aromatic N) is 4. The van der Waals surface area contributed by atoms with Gasteiger partial charge in [0.15, 0.2) is 0 Å². The summed E-state index contributed by atoms with van der Waals surface area (Å²) in [7, 11) is 0. The van der Waals surface area contributed by atoms with Crippen LogP contribution in [0.4, 0.5) is 0 Å². The van der Waals surface area contributed by atoms with Crippen molar-refractivity contribution in [2.45, 2.75) is 32.8 Å². The molecule has 0 saturated carbocycles. The van der Waals surface area contributed by atoms with E-state index in [4.69, 9.17) is 4.74 Å². The molecule has 1 atom stereocenters. The van der Waals surface area contributed by atoms with Crippen LogP contribution in [0.3, 0.4) is 0 Å². The van der Waals surface area contributed by atoms with Gasteiger partial charge in [-0.2, -0.15) is 5.21 Å². The van der Waals surface area contributed by atoms with Crippen molar-refractivity contribution in [3.8, 4) is 17.1 Å². The van der Waals surface area contributed by atoms with Crippen LogP contribution in [-0.2, 0) is 12.0 Å². The summed E-state index contributed by atoms with van der Waals surface area (Å²) in [5.41, 5.74) is 3.31. The molecule has 0 aliphatic heterocycles. The van der Waals surface area contributed by atoms with Gasteiger partial charge >= 0.3 is 0 Å². The minimum absolute atomic E-state index is 0. The molecule has 0 saturated heterocycles. The van der Waals surface area contributed by atoms with Crippen molar-refractivity contribution in [2.75, 3.05) is 0 Å². The van der Waals surface area contributed by atoms with Gasteiger partial charge in [0, 0.05) is 22.6 Å². The topological polar surface area (TPSA) is 112 Å². The normalized spacial score (nSPS) is 12.9. The molecule has 0 aliphatic carbocycles. The summed E-state index contributed by atoms with van der Waals surface area (Å²) in [5, 5.41) is 17.2. The highest BCUT2D eigenvalue weighted by Gasteiger charge is 2.32. The lowest BCUT2D eigenvalue weighted by molar-refractivity contribution is 0.305. The molecule has 8 heteroatoms. The summed E-state index contributed by atoms with van der Waals surface area (Å²) in [6.07, 6.45) is 1.80. The zero-order valence-electron chi connectivity index (χ0n) is 17.4. The zero-order valence-corrected chi connectivity index (χ0v) is 18.2. The molecule has 0 amide bonds. The Bertz CT molecular complexity index is 1030. The fourth-order valence-corrected chi connectivity index (χ4v) is 3.98.